The maximum Gasteiger partial charge on any atom is 0.205 e. The van der Waals surface area contributed by atoms with Gasteiger partial charge in [0.2, 0.25) is 5.89 Å². The Labute approximate surface area is 132 Å². The molecule has 0 spiro atoms. The third kappa shape index (κ3) is 2.66. The van der Waals surface area contributed by atoms with Gasteiger partial charge in [0.1, 0.15) is 5.82 Å². The number of rotatable bonds is 5. The second-order valence-corrected chi connectivity index (χ2v) is 6.39. The molecule has 2 aromatic heterocycles. The number of hydrogen-bond donors (Lipinski definition) is 0. The summed E-state index contributed by atoms with van der Waals surface area (Å²) in [4.78, 5) is 4.35. The van der Waals surface area contributed by atoms with Gasteiger partial charge in [0.25, 0.3) is 0 Å². The van der Waals surface area contributed by atoms with Gasteiger partial charge in [0, 0.05) is 18.5 Å². The highest BCUT2D eigenvalue weighted by Gasteiger charge is 2.29. The third-order valence-electron chi connectivity index (χ3n) is 3.75. The fourth-order valence-corrected chi connectivity index (χ4v) is 3.16. The van der Waals surface area contributed by atoms with Gasteiger partial charge in [-0.05, 0) is 12.8 Å². The standard InChI is InChI=1S/C16H16N4OS/c1-20-15(12-7-8-12)18-19-16(20)22-10-14-17-9-13(21-14)11-5-3-2-4-6-11/h2-6,9,12H,7-8,10H2,1H3. The summed E-state index contributed by atoms with van der Waals surface area (Å²) in [7, 11) is 2.03. The van der Waals surface area contributed by atoms with Gasteiger partial charge in [-0.2, -0.15) is 0 Å². The molecule has 0 bridgehead atoms. The van der Waals surface area contributed by atoms with E-state index in [2.05, 4.69) is 19.7 Å². The van der Waals surface area contributed by atoms with Crippen LogP contribution in [-0.2, 0) is 12.8 Å². The van der Waals surface area contributed by atoms with Crippen LogP contribution in [0.3, 0.4) is 0 Å². The lowest BCUT2D eigenvalue weighted by molar-refractivity contribution is 0.529. The van der Waals surface area contributed by atoms with Crippen LogP contribution in [0.25, 0.3) is 11.3 Å². The van der Waals surface area contributed by atoms with Gasteiger partial charge in [-0.3, -0.25) is 0 Å². The Balaban J connectivity index is 1.45. The fourth-order valence-electron chi connectivity index (χ4n) is 2.39. The lowest BCUT2D eigenvalue weighted by atomic mass is 10.2. The van der Waals surface area contributed by atoms with E-state index in [0.29, 0.717) is 17.6 Å². The smallest absolute Gasteiger partial charge is 0.205 e. The number of nitrogens with zero attached hydrogens (tertiary/aromatic N) is 4. The summed E-state index contributed by atoms with van der Waals surface area (Å²) >= 11 is 1.61. The molecule has 2 heterocycles. The van der Waals surface area contributed by atoms with Crippen molar-refractivity contribution in [3.63, 3.8) is 0 Å². The Hall–Kier alpha value is -2.08. The molecule has 0 atom stereocenters. The maximum absolute atomic E-state index is 5.81. The van der Waals surface area contributed by atoms with Crippen LogP contribution in [0.2, 0.25) is 0 Å². The molecule has 0 unspecified atom stereocenters. The zero-order valence-corrected chi connectivity index (χ0v) is 13.1. The van der Waals surface area contributed by atoms with Crippen LogP contribution >= 0.6 is 11.8 Å². The van der Waals surface area contributed by atoms with Crippen LogP contribution in [0.15, 0.2) is 46.1 Å². The van der Waals surface area contributed by atoms with Crippen LogP contribution in [0.5, 0.6) is 0 Å². The summed E-state index contributed by atoms with van der Waals surface area (Å²) in [6, 6.07) is 10.0. The lowest BCUT2D eigenvalue weighted by Crippen LogP contribution is -1.97. The van der Waals surface area contributed by atoms with Gasteiger partial charge in [-0.25, -0.2) is 4.98 Å². The first-order valence-corrected chi connectivity index (χ1v) is 8.32. The first kappa shape index (κ1) is 13.6. The monoisotopic (exact) mass is 312 g/mol. The molecule has 22 heavy (non-hydrogen) atoms. The lowest BCUT2D eigenvalue weighted by Gasteiger charge is -2.01. The van der Waals surface area contributed by atoms with Crippen LogP contribution in [0.4, 0.5) is 0 Å². The van der Waals surface area contributed by atoms with E-state index >= 15 is 0 Å². The highest BCUT2D eigenvalue weighted by atomic mass is 32.2. The van der Waals surface area contributed by atoms with E-state index < -0.39 is 0 Å². The van der Waals surface area contributed by atoms with Crippen molar-refractivity contribution in [3.05, 3.63) is 48.2 Å². The van der Waals surface area contributed by atoms with E-state index in [0.717, 1.165) is 22.3 Å². The molecular weight excluding hydrogens is 296 g/mol. The minimum atomic E-state index is 0.610. The Kier molecular flexibility index (Phi) is 3.46. The summed E-state index contributed by atoms with van der Waals surface area (Å²) in [6.45, 7) is 0. The van der Waals surface area contributed by atoms with Gasteiger partial charge in [-0.1, -0.05) is 42.1 Å². The molecule has 6 heteroatoms. The Bertz CT molecular complexity index is 777. The Morgan fingerprint density at radius 3 is 2.82 bits per heavy atom. The quantitative estimate of drug-likeness (QED) is 0.673. The predicted molar refractivity (Wildman–Crippen MR) is 84.5 cm³/mol. The van der Waals surface area contributed by atoms with Crippen LogP contribution in [0, 0.1) is 0 Å². The van der Waals surface area contributed by atoms with Crippen molar-refractivity contribution in [2.75, 3.05) is 0 Å². The van der Waals surface area contributed by atoms with Crippen molar-refractivity contribution in [2.45, 2.75) is 29.7 Å². The summed E-state index contributed by atoms with van der Waals surface area (Å²) in [5, 5.41) is 9.47. The highest BCUT2D eigenvalue weighted by molar-refractivity contribution is 7.98. The van der Waals surface area contributed by atoms with Crippen LogP contribution < -0.4 is 0 Å². The van der Waals surface area contributed by atoms with Crippen molar-refractivity contribution in [1.82, 2.24) is 19.7 Å². The van der Waals surface area contributed by atoms with Crippen LogP contribution in [0.1, 0.15) is 30.5 Å². The first-order chi connectivity index (χ1) is 10.8. The molecule has 0 aliphatic heterocycles. The Morgan fingerprint density at radius 1 is 1.23 bits per heavy atom. The largest absolute Gasteiger partial charge is 0.440 e. The molecule has 0 N–H and O–H groups in total. The van der Waals surface area contributed by atoms with E-state index in [1.165, 1.54) is 12.8 Å². The molecule has 1 fully saturated rings. The number of thioether (sulfide) groups is 1. The second kappa shape index (κ2) is 5.61. The molecule has 3 aromatic rings. The Morgan fingerprint density at radius 2 is 2.05 bits per heavy atom. The molecule has 5 nitrogen and oxygen atoms in total. The summed E-state index contributed by atoms with van der Waals surface area (Å²) < 4.78 is 7.90. The maximum atomic E-state index is 5.81. The molecule has 112 valence electrons. The van der Waals surface area contributed by atoms with Gasteiger partial charge in [0.05, 0.1) is 11.9 Å². The van der Waals surface area contributed by atoms with E-state index in [1.54, 1.807) is 18.0 Å². The molecule has 1 aromatic carbocycles. The number of aromatic nitrogens is 4. The molecule has 4 rings (SSSR count). The second-order valence-electron chi connectivity index (χ2n) is 5.45. The average molecular weight is 312 g/mol. The summed E-state index contributed by atoms with van der Waals surface area (Å²) in [6.07, 6.45) is 4.24. The minimum absolute atomic E-state index is 0.610. The number of hydrogen-bond acceptors (Lipinski definition) is 5. The van der Waals surface area contributed by atoms with Gasteiger partial charge >= 0.3 is 0 Å². The van der Waals surface area contributed by atoms with Gasteiger partial charge in [0.15, 0.2) is 10.9 Å². The summed E-state index contributed by atoms with van der Waals surface area (Å²) in [5.41, 5.74) is 1.04. The van der Waals surface area contributed by atoms with E-state index in [9.17, 15) is 0 Å². The molecule has 1 saturated carbocycles. The summed E-state index contributed by atoms with van der Waals surface area (Å²) in [5.74, 6) is 3.87. The predicted octanol–water partition coefficient (Wildman–Crippen LogP) is 3.64. The molecule has 1 aliphatic rings. The molecular formula is C16H16N4OS. The molecule has 0 radical (unpaired) electrons. The molecule has 1 aliphatic carbocycles. The van der Waals surface area contributed by atoms with Crippen molar-refractivity contribution in [3.8, 4) is 11.3 Å². The van der Waals surface area contributed by atoms with Crippen molar-refractivity contribution in [2.24, 2.45) is 7.05 Å². The van der Waals surface area contributed by atoms with E-state index in [-0.39, 0.29) is 0 Å². The normalized spacial score (nSPS) is 14.4. The van der Waals surface area contributed by atoms with Gasteiger partial charge < -0.3 is 8.98 Å². The minimum Gasteiger partial charge on any atom is -0.440 e. The number of oxazole rings is 1. The molecule has 0 amide bonds. The topological polar surface area (TPSA) is 56.7 Å². The van der Waals surface area contributed by atoms with Crippen molar-refractivity contribution in [1.29, 1.82) is 0 Å². The van der Waals surface area contributed by atoms with Gasteiger partial charge in [-0.15, -0.1) is 10.2 Å². The van der Waals surface area contributed by atoms with Crippen molar-refractivity contribution < 1.29 is 4.42 Å². The van der Waals surface area contributed by atoms with E-state index in [4.69, 9.17) is 4.42 Å². The molecule has 0 saturated heterocycles. The fraction of sp³-hybridized carbons (Fsp3) is 0.312. The average Bonchev–Trinajstić information content (AvgIpc) is 3.16. The third-order valence-corrected chi connectivity index (χ3v) is 4.75. The van der Waals surface area contributed by atoms with Crippen LogP contribution in [-0.4, -0.2) is 19.7 Å². The first-order valence-electron chi connectivity index (χ1n) is 7.33. The SMILES string of the molecule is Cn1c(SCc2ncc(-c3ccccc3)o2)nnc1C1CC1. The number of benzene rings is 1. The van der Waals surface area contributed by atoms with Crippen molar-refractivity contribution >= 4 is 11.8 Å². The van der Waals surface area contributed by atoms with E-state index in [1.807, 2.05) is 37.4 Å². The zero-order valence-electron chi connectivity index (χ0n) is 12.3. The zero-order chi connectivity index (χ0) is 14.9. The highest BCUT2D eigenvalue weighted by Crippen LogP contribution is 2.39.